The van der Waals surface area contributed by atoms with E-state index in [9.17, 15) is 4.79 Å². The summed E-state index contributed by atoms with van der Waals surface area (Å²) in [6, 6.07) is 0. The molecule has 0 aromatic heterocycles. The molecule has 1 N–H and O–H groups in total. The fourth-order valence-electron chi connectivity index (χ4n) is 1.93. The van der Waals surface area contributed by atoms with Gasteiger partial charge in [0.15, 0.2) is 0 Å². The summed E-state index contributed by atoms with van der Waals surface area (Å²) in [4.78, 5) is 10.7. The van der Waals surface area contributed by atoms with E-state index in [2.05, 4.69) is 6.92 Å². The van der Waals surface area contributed by atoms with Crippen molar-refractivity contribution in [2.45, 2.75) is 77.7 Å². The Morgan fingerprint density at radius 3 is 2.06 bits per heavy atom. The van der Waals surface area contributed by atoms with Crippen LogP contribution in [-0.2, 0) is 9.53 Å². The highest BCUT2D eigenvalue weighted by Gasteiger charge is 2.09. The SMILES string of the molecule is CCCCCCCCCCC(CO)OC(C)=O. The summed E-state index contributed by atoms with van der Waals surface area (Å²) in [6.07, 6.45) is 10.6. The molecule has 0 spiro atoms. The highest BCUT2D eigenvalue weighted by molar-refractivity contribution is 5.66. The molecule has 0 aliphatic carbocycles. The third kappa shape index (κ3) is 11.7. The number of aliphatic hydroxyl groups is 1. The average Bonchev–Trinajstić information content (AvgIpc) is 2.30. The van der Waals surface area contributed by atoms with E-state index < -0.39 is 0 Å². The monoisotopic (exact) mass is 244 g/mol. The van der Waals surface area contributed by atoms with E-state index in [-0.39, 0.29) is 18.7 Å². The fraction of sp³-hybridized carbons (Fsp3) is 0.929. The van der Waals surface area contributed by atoms with Crippen LogP contribution in [-0.4, -0.2) is 23.8 Å². The van der Waals surface area contributed by atoms with Crippen LogP contribution in [0.2, 0.25) is 0 Å². The maximum Gasteiger partial charge on any atom is 0.302 e. The second kappa shape index (κ2) is 11.9. The summed E-state index contributed by atoms with van der Waals surface area (Å²) in [7, 11) is 0. The Morgan fingerprint density at radius 2 is 1.59 bits per heavy atom. The zero-order chi connectivity index (χ0) is 12.9. The van der Waals surface area contributed by atoms with Gasteiger partial charge in [0.25, 0.3) is 0 Å². The van der Waals surface area contributed by atoms with Crippen molar-refractivity contribution in [3.05, 3.63) is 0 Å². The molecule has 0 bridgehead atoms. The predicted octanol–water partition coefficient (Wildman–Crippen LogP) is 3.44. The molecule has 0 aliphatic rings. The van der Waals surface area contributed by atoms with Crippen LogP contribution in [0, 0.1) is 0 Å². The van der Waals surface area contributed by atoms with Gasteiger partial charge >= 0.3 is 5.97 Å². The Morgan fingerprint density at radius 1 is 1.06 bits per heavy atom. The van der Waals surface area contributed by atoms with Crippen molar-refractivity contribution in [1.82, 2.24) is 0 Å². The lowest BCUT2D eigenvalue weighted by Crippen LogP contribution is -2.20. The van der Waals surface area contributed by atoms with E-state index in [0.29, 0.717) is 0 Å². The van der Waals surface area contributed by atoms with Crippen molar-refractivity contribution in [2.24, 2.45) is 0 Å². The fourth-order valence-corrected chi connectivity index (χ4v) is 1.93. The quantitative estimate of drug-likeness (QED) is 0.447. The molecule has 0 aromatic carbocycles. The smallest absolute Gasteiger partial charge is 0.302 e. The molecule has 0 heterocycles. The number of ether oxygens (including phenoxy) is 1. The van der Waals surface area contributed by atoms with Crippen LogP contribution in [0.3, 0.4) is 0 Å². The van der Waals surface area contributed by atoms with Gasteiger partial charge in [0, 0.05) is 6.92 Å². The first-order valence-corrected chi connectivity index (χ1v) is 6.98. The van der Waals surface area contributed by atoms with Gasteiger partial charge in [0.05, 0.1) is 6.61 Å². The van der Waals surface area contributed by atoms with Crippen LogP contribution in [0.15, 0.2) is 0 Å². The topological polar surface area (TPSA) is 46.5 Å². The lowest BCUT2D eigenvalue weighted by Gasteiger charge is -2.13. The second-order valence-corrected chi connectivity index (χ2v) is 4.68. The number of hydrogen-bond acceptors (Lipinski definition) is 3. The maximum atomic E-state index is 10.7. The minimum atomic E-state index is -0.302. The van der Waals surface area contributed by atoms with Crippen LogP contribution >= 0.6 is 0 Å². The van der Waals surface area contributed by atoms with Crippen molar-refractivity contribution in [1.29, 1.82) is 0 Å². The van der Waals surface area contributed by atoms with Gasteiger partial charge in [-0.15, -0.1) is 0 Å². The number of carbonyl (C=O) groups excluding carboxylic acids is 1. The van der Waals surface area contributed by atoms with Crippen LogP contribution in [0.4, 0.5) is 0 Å². The minimum Gasteiger partial charge on any atom is -0.460 e. The van der Waals surface area contributed by atoms with E-state index in [0.717, 1.165) is 12.8 Å². The first-order valence-electron chi connectivity index (χ1n) is 6.98. The van der Waals surface area contributed by atoms with Crippen LogP contribution < -0.4 is 0 Å². The molecular formula is C14H28O3. The van der Waals surface area contributed by atoms with Gasteiger partial charge in [0.2, 0.25) is 0 Å². The Labute approximate surface area is 106 Å². The van der Waals surface area contributed by atoms with Crippen molar-refractivity contribution in [2.75, 3.05) is 6.61 Å². The number of rotatable bonds is 11. The summed E-state index contributed by atoms with van der Waals surface area (Å²) in [6.45, 7) is 3.55. The van der Waals surface area contributed by atoms with E-state index in [1.807, 2.05) is 0 Å². The van der Waals surface area contributed by atoms with Crippen molar-refractivity contribution >= 4 is 5.97 Å². The highest BCUT2D eigenvalue weighted by atomic mass is 16.5. The predicted molar refractivity (Wildman–Crippen MR) is 69.9 cm³/mol. The molecule has 3 nitrogen and oxygen atoms in total. The van der Waals surface area contributed by atoms with E-state index in [1.165, 1.54) is 51.9 Å². The molecule has 0 aromatic rings. The normalized spacial score (nSPS) is 12.4. The summed E-state index contributed by atoms with van der Waals surface area (Å²) in [5, 5.41) is 9.00. The maximum absolute atomic E-state index is 10.7. The van der Waals surface area contributed by atoms with Gasteiger partial charge < -0.3 is 9.84 Å². The standard InChI is InChI=1S/C14H28O3/c1-3-4-5-6-7-8-9-10-11-14(12-15)17-13(2)16/h14-15H,3-12H2,1-2H3. The van der Waals surface area contributed by atoms with Crippen LogP contribution in [0.25, 0.3) is 0 Å². The highest BCUT2D eigenvalue weighted by Crippen LogP contribution is 2.11. The molecule has 0 saturated carbocycles. The number of aliphatic hydroxyl groups excluding tert-OH is 1. The third-order valence-corrected chi connectivity index (χ3v) is 2.92. The zero-order valence-electron chi connectivity index (χ0n) is 11.4. The lowest BCUT2D eigenvalue weighted by atomic mass is 10.1. The third-order valence-electron chi connectivity index (χ3n) is 2.92. The number of carbonyl (C=O) groups is 1. The largest absolute Gasteiger partial charge is 0.460 e. The summed E-state index contributed by atoms with van der Waals surface area (Å²) < 4.78 is 4.97. The first kappa shape index (κ1) is 16.4. The van der Waals surface area contributed by atoms with Gasteiger partial charge in [-0.3, -0.25) is 4.79 Å². The molecule has 3 heteroatoms. The Hall–Kier alpha value is -0.570. The molecule has 1 unspecified atom stereocenters. The Balaban J connectivity index is 3.28. The molecule has 0 amide bonds. The number of esters is 1. The van der Waals surface area contributed by atoms with Crippen molar-refractivity contribution < 1.29 is 14.6 Å². The summed E-state index contributed by atoms with van der Waals surface area (Å²) in [5.41, 5.74) is 0. The van der Waals surface area contributed by atoms with Crippen LogP contribution in [0.1, 0.15) is 71.6 Å². The van der Waals surface area contributed by atoms with Gasteiger partial charge in [-0.05, 0) is 12.8 Å². The Kier molecular flexibility index (Phi) is 11.5. The molecule has 0 fully saturated rings. The zero-order valence-corrected chi connectivity index (χ0v) is 11.4. The van der Waals surface area contributed by atoms with E-state index in [4.69, 9.17) is 9.84 Å². The molecule has 1 atom stereocenters. The molecule has 0 saturated heterocycles. The van der Waals surface area contributed by atoms with Crippen molar-refractivity contribution in [3.8, 4) is 0 Å². The Bertz CT molecular complexity index is 180. The van der Waals surface area contributed by atoms with E-state index >= 15 is 0 Å². The second-order valence-electron chi connectivity index (χ2n) is 4.68. The van der Waals surface area contributed by atoms with Gasteiger partial charge in [0.1, 0.15) is 6.10 Å². The van der Waals surface area contributed by atoms with Gasteiger partial charge in [-0.2, -0.15) is 0 Å². The minimum absolute atomic E-state index is 0.0594. The number of hydrogen-bond donors (Lipinski definition) is 1. The van der Waals surface area contributed by atoms with Crippen LogP contribution in [0.5, 0.6) is 0 Å². The molecular weight excluding hydrogens is 216 g/mol. The lowest BCUT2D eigenvalue weighted by molar-refractivity contribution is -0.148. The molecule has 0 rings (SSSR count). The van der Waals surface area contributed by atoms with E-state index in [1.54, 1.807) is 0 Å². The average molecular weight is 244 g/mol. The summed E-state index contributed by atoms with van der Waals surface area (Å²) >= 11 is 0. The van der Waals surface area contributed by atoms with Gasteiger partial charge in [-0.1, -0.05) is 51.9 Å². The molecule has 0 aliphatic heterocycles. The van der Waals surface area contributed by atoms with Gasteiger partial charge in [-0.25, -0.2) is 0 Å². The van der Waals surface area contributed by atoms with Crippen molar-refractivity contribution in [3.63, 3.8) is 0 Å². The molecule has 102 valence electrons. The molecule has 0 radical (unpaired) electrons. The number of unbranched alkanes of at least 4 members (excludes halogenated alkanes) is 7. The molecule has 17 heavy (non-hydrogen) atoms. The summed E-state index contributed by atoms with van der Waals surface area (Å²) in [5.74, 6) is -0.302. The first-order chi connectivity index (χ1) is 8.20.